The summed E-state index contributed by atoms with van der Waals surface area (Å²) in [6, 6.07) is 0. The monoisotopic (exact) mass is 168 g/mol. The maximum Gasteiger partial charge on any atom is 0.170 e. The molecule has 0 unspecified atom stereocenters. The third kappa shape index (κ3) is 2.05. The molecule has 0 aromatic carbocycles. The second kappa shape index (κ2) is 3.85. The fraction of sp³-hybridized carbons (Fsp3) is 0.571. The van der Waals surface area contributed by atoms with E-state index < -0.39 is 0 Å². The normalized spacial score (nSPS) is 12.4. The van der Waals surface area contributed by atoms with Crippen molar-refractivity contribution in [3.05, 3.63) is 12.7 Å². The number of hydrogen-bond donors (Lipinski definition) is 1. The molecule has 0 aliphatic carbocycles. The molecule has 5 nitrogen and oxygen atoms in total. The number of oxime groups is 1. The average molecular weight is 168 g/mol. The lowest BCUT2D eigenvalue weighted by Crippen LogP contribution is -2.14. The van der Waals surface area contributed by atoms with Crippen molar-refractivity contribution in [1.82, 2.24) is 14.8 Å². The maximum atomic E-state index is 8.65. The van der Waals surface area contributed by atoms with E-state index in [1.165, 1.54) is 17.3 Å². The Balaban J connectivity index is 2.72. The van der Waals surface area contributed by atoms with Crippen molar-refractivity contribution >= 4 is 5.84 Å². The minimum atomic E-state index is 0.431. The number of hydrogen-bond acceptors (Lipinski definition) is 4. The summed E-state index contributed by atoms with van der Waals surface area (Å²) in [5, 5.41) is 15.6. The van der Waals surface area contributed by atoms with Crippen molar-refractivity contribution in [2.24, 2.45) is 11.1 Å². The van der Waals surface area contributed by atoms with Crippen LogP contribution in [0.5, 0.6) is 0 Å². The lowest BCUT2D eigenvalue weighted by Gasteiger charge is -2.05. The third-order valence-corrected chi connectivity index (χ3v) is 1.39. The molecule has 0 aliphatic rings. The number of aromatic nitrogens is 3. The molecule has 0 bridgehead atoms. The van der Waals surface area contributed by atoms with Crippen molar-refractivity contribution in [2.45, 2.75) is 20.3 Å². The van der Waals surface area contributed by atoms with Gasteiger partial charge in [0.25, 0.3) is 0 Å². The fourth-order valence-corrected chi connectivity index (χ4v) is 0.887. The highest BCUT2D eigenvalue weighted by Crippen LogP contribution is 2.02. The molecule has 0 saturated carbocycles. The van der Waals surface area contributed by atoms with Gasteiger partial charge in [-0.1, -0.05) is 19.0 Å². The van der Waals surface area contributed by atoms with Crippen LogP contribution in [-0.2, 0) is 0 Å². The second-order valence-corrected chi connectivity index (χ2v) is 2.95. The van der Waals surface area contributed by atoms with E-state index in [-0.39, 0.29) is 0 Å². The minimum Gasteiger partial charge on any atom is -0.409 e. The van der Waals surface area contributed by atoms with Gasteiger partial charge in [-0.2, -0.15) is 5.10 Å². The lowest BCUT2D eigenvalue weighted by atomic mass is 10.1. The first kappa shape index (κ1) is 8.70. The Labute approximate surface area is 70.7 Å². The van der Waals surface area contributed by atoms with E-state index in [9.17, 15) is 0 Å². The Kier molecular flexibility index (Phi) is 2.79. The smallest absolute Gasteiger partial charge is 0.170 e. The van der Waals surface area contributed by atoms with Crippen molar-refractivity contribution in [1.29, 1.82) is 0 Å². The Bertz CT molecular complexity index is 252. The van der Waals surface area contributed by atoms with E-state index in [2.05, 4.69) is 15.2 Å². The molecule has 0 spiro atoms. The summed E-state index contributed by atoms with van der Waals surface area (Å²) in [6.07, 6.45) is 3.60. The topological polar surface area (TPSA) is 63.3 Å². The quantitative estimate of drug-likeness (QED) is 0.309. The van der Waals surface area contributed by atoms with Gasteiger partial charge in [-0.25, -0.2) is 9.67 Å². The molecule has 0 fully saturated rings. The summed E-state index contributed by atoms with van der Waals surface area (Å²) in [6.45, 7) is 4.09. The van der Waals surface area contributed by atoms with E-state index in [4.69, 9.17) is 5.21 Å². The van der Waals surface area contributed by atoms with Crippen LogP contribution in [0.4, 0.5) is 0 Å². The molecule has 0 radical (unpaired) electrons. The first-order valence-corrected chi connectivity index (χ1v) is 3.80. The summed E-state index contributed by atoms with van der Waals surface area (Å²) in [5.41, 5.74) is 0. The number of rotatable bonds is 2. The van der Waals surface area contributed by atoms with E-state index in [1.54, 1.807) is 0 Å². The Morgan fingerprint density at radius 2 is 2.42 bits per heavy atom. The van der Waals surface area contributed by atoms with Crippen LogP contribution < -0.4 is 0 Å². The second-order valence-electron chi connectivity index (χ2n) is 2.95. The van der Waals surface area contributed by atoms with Crippen molar-refractivity contribution < 1.29 is 5.21 Å². The van der Waals surface area contributed by atoms with Crippen molar-refractivity contribution in [3.8, 4) is 0 Å². The van der Waals surface area contributed by atoms with Crippen LogP contribution in [0.15, 0.2) is 17.8 Å². The van der Waals surface area contributed by atoms with Gasteiger partial charge >= 0.3 is 0 Å². The fourth-order valence-electron chi connectivity index (χ4n) is 0.887. The predicted molar refractivity (Wildman–Crippen MR) is 44.1 cm³/mol. The summed E-state index contributed by atoms with van der Waals surface area (Å²) in [4.78, 5) is 3.76. The average Bonchev–Trinajstić information content (AvgIpc) is 2.51. The molecular formula is C7H12N4O. The van der Waals surface area contributed by atoms with E-state index in [1.807, 2.05) is 13.8 Å². The summed E-state index contributed by atoms with van der Waals surface area (Å²) >= 11 is 0. The molecule has 0 atom stereocenters. The molecule has 66 valence electrons. The van der Waals surface area contributed by atoms with Gasteiger partial charge in [-0.05, 0) is 5.92 Å². The number of nitrogens with zero attached hydrogens (tertiary/aromatic N) is 4. The highest BCUT2D eigenvalue weighted by Gasteiger charge is 2.05. The van der Waals surface area contributed by atoms with Crippen LogP contribution >= 0.6 is 0 Å². The zero-order valence-electron chi connectivity index (χ0n) is 7.18. The van der Waals surface area contributed by atoms with Gasteiger partial charge in [0.2, 0.25) is 0 Å². The molecule has 5 heteroatoms. The van der Waals surface area contributed by atoms with E-state index in [0.717, 1.165) is 0 Å². The standard InChI is InChI=1S/C7H12N4O/c1-6(2)3-7(10-12)11-5-8-4-9-11/h4-6,12H,3H2,1-2H3/b10-7-. The predicted octanol–water partition coefficient (Wildman–Crippen LogP) is 0.960. The molecule has 0 aliphatic heterocycles. The van der Waals surface area contributed by atoms with Crippen LogP contribution in [0.2, 0.25) is 0 Å². The largest absolute Gasteiger partial charge is 0.409 e. The van der Waals surface area contributed by atoms with Gasteiger partial charge in [0.05, 0.1) is 0 Å². The molecule has 1 aromatic heterocycles. The van der Waals surface area contributed by atoms with E-state index in [0.29, 0.717) is 18.2 Å². The zero-order chi connectivity index (χ0) is 8.97. The van der Waals surface area contributed by atoms with Crippen LogP contribution in [0.25, 0.3) is 0 Å². The van der Waals surface area contributed by atoms with E-state index >= 15 is 0 Å². The molecule has 1 heterocycles. The molecule has 1 aromatic rings. The van der Waals surface area contributed by atoms with Crippen LogP contribution in [0.1, 0.15) is 20.3 Å². The highest BCUT2D eigenvalue weighted by molar-refractivity contribution is 5.82. The molecule has 12 heavy (non-hydrogen) atoms. The molecule has 1 N–H and O–H groups in total. The van der Waals surface area contributed by atoms with Gasteiger partial charge in [-0.15, -0.1) is 0 Å². The van der Waals surface area contributed by atoms with Crippen molar-refractivity contribution in [2.75, 3.05) is 0 Å². The molecule has 0 amide bonds. The maximum absolute atomic E-state index is 8.65. The van der Waals surface area contributed by atoms with Gasteiger partial charge in [0.1, 0.15) is 12.7 Å². The zero-order valence-corrected chi connectivity index (χ0v) is 7.18. The molecule has 0 saturated heterocycles. The lowest BCUT2D eigenvalue weighted by molar-refractivity contribution is 0.313. The van der Waals surface area contributed by atoms with Gasteiger partial charge in [0, 0.05) is 6.42 Å². The Morgan fingerprint density at radius 3 is 2.83 bits per heavy atom. The van der Waals surface area contributed by atoms with Crippen LogP contribution in [-0.4, -0.2) is 25.8 Å². The highest BCUT2D eigenvalue weighted by atomic mass is 16.4. The Hall–Kier alpha value is -1.39. The molecular weight excluding hydrogens is 156 g/mol. The summed E-state index contributed by atoms with van der Waals surface area (Å²) in [7, 11) is 0. The van der Waals surface area contributed by atoms with Crippen molar-refractivity contribution in [3.63, 3.8) is 0 Å². The van der Waals surface area contributed by atoms with Gasteiger partial charge < -0.3 is 5.21 Å². The first-order valence-electron chi connectivity index (χ1n) is 3.80. The summed E-state index contributed by atoms with van der Waals surface area (Å²) in [5.74, 6) is 0.947. The van der Waals surface area contributed by atoms with Crippen LogP contribution in [0.3, 0.4) is 0 Å². The minimum absolute atomic E-state index is 0.431. The molecule has 1 rings (SSSR count). The Morgan fingerprint density at radius 1 is 1.67 bits per heavy atom. The van der Waals surface area contributed by atoms with Gasteiger partial charge in [-0.3, -0.25) is 0 Å². The van der Waals surface area contributed by atoms with Crippen LogP contribution in [0, 0.1) is 5.92 Å². The first-order chi connectivity index (χ1) is 5.74. The SMILES string of the molecule is CC(C)C/C(=N/O)n1cncn1. The summed E-state index contributed by atoms with van der Waals surface area (Å²) < 4.78 is 1.46. The van der Waals surface area contributed by atoms with Gasteiger partial charge in [0.15, 0.2) is 5.84 Å². The third-order valence-electron chi connectivity index (χ3n) is 1.39.